The number of hydrogen-bond donors (Lipinski definition) is 3. The van der Waals surface area contributed by atoms with E-state index < -0.39 is 11.0 Å². The molecule has 2 bridgehead atoms. The minimum atomic E-state index is -1.09. The Bertz CT molecular complexity index is 1120. The minimum absolute atomic E-state index is 0.0719. The van der Waals surface area contributed by atoms with Crippen LogP contribution in [-0.4, -0.2) is 45.5 Å². The van der Waals surface area contributed by atoms with E-state index >= 15 is 0 Å². The number of likely N-dealkylation sites (N-methyl/N-ethyl adjacent to an activating group) is 1. The lowest BCUT2D eigenvalue weighted by Crippen LogP contribution is -2.70. The van der Waals surface area contributed by atoms with Crippen molar-refractivity contribution >= 4 is 11.0 Å². The standard InChI is InChI=1S/C24H27NO4/c1-14-16-6-4-5-7-18(16)29-19(14)13-24-10-11-25(3)20(23(24,2)28)12-15-8-9-17(26)22(27)21(15)24/h4-9,20,26-28H,10-13H2,1-3H3/t20?,23?,24-/m1/s1. The number of rotatable bonds is 2. The van der Waals surface area contributed by atoms with Gasteiger partial charge in [0.05, 0.1) is 5.60 Å². The molecule has 1 aromatic heterocycles. The molecule has 0 spiro atoms. The molecule has 29 heavy (non-hydrogen) atoms. The lowest BCUT2D eigenvalue weighted by Gasteiger charge is -2.60. The predicted octanol–water partition coefficient (Wildman–Crippen LogP) is 3.64. The normalized spacial score (nSPS) is 29.2. The summed E-state index contributed by atoms with van der Waals surface area (Å²) < 4.78 is 6.22. The summed E-state index contributed by atoms with van der Waals surface area (Å²) in [6, 6.07) is 11.3. The van der Waals surface area contributed by atoms with Gasteiger partial charge in [-0.3, -0.25) is 0 Å². The summed E-state index contributed by atoms with van der Waals surface area (Å²) in [5.41, 5.74) is 1.71. The zero-order chi connectivity index (χ0) is 20.6. The first kappa shape index (κ1) is 18.5. The van der Waals surface area contributed by atoms with Gasteiger partial charge in [-0.15, -0.1) is 0 Å². The summed E-state index contributed by atoms with van der Waals surface area (Å²) in [7, 11) is 2.04. The molecule has 0 amide bonds. The summed E-state index contributed by atoms with van der Waals surface area (Å²) >= 11 is 0. The van der Waals surface area contributed by atoms with Gasteiger partial charge in [-0.1, -0.05) is 24.3 Å². The van der Waals surface area contributed by atoms with Crippen LogP contribution in [0.1, 0.15) is 35.8 Å². The average molecular weight is 393 g/mol. The highest BCUT2D eigenvalue weighted by atomic mass is 16.3. The van der Waals surface area contributed by atoms with Gasteiger partial charge < -0.3 is 24.6 Å². The number of phenols is 2. The van der Waals surface area contributed by atoms with Crippen LogP contribution in [0.25, 0.3) is 11.0 Å². The Balaban J connectivity index is 1.76. The smallest absolute Gasteiger partial charge is 0.161 e. The van der Waals surface area contributed by atoms with Gasteiger partial charge in [-0.2, -0.15) is 0 Å². The monoisotopic (exact) mass is 393 g/mol. The van der Waals surface area contributed by atoms with Crippen LogP contribution in [0, 0.1) is 6.92 Å². The van der Waals surface area contributed by atoms with Gasteiger partial charge in [-0.25, -0.2) is 0 Å². The first-order valence-corrected chi connectivity index (χ1v) is 10.2. The summed E-state index contributed by atoms with van der Waals surface area (Å²) in [6.45, 7) is 4.72. The largest absolute Gasteiger partial charge is 0.504 e. The number of benzene rings is 2. The second kappa shape index (κ2) is 6.00. The Hall–Kier alpha value is -2.50. The van der Waals surface area contributed by atoms with Crippen molar-refractivity contribution in [1.29, 1.82) is 0 Å². The van der Waals surface area contributed by atoms with Crippen molar-refractivity contribution in [1.82, 2.24) is 4.90 Å². The van der Waals surface area contributed by atoms with Crippen molar-refractivity contribution in [2.75, 3.05) is 13.6 Å². The molecule has 5 heteroatoms. The first-order valence-electron chi connectivity index (χ1n) is 10.2. The quantitative estimate of drug-likeness (QED) is 0.580. The highest BCUT2D eigenvalue weighted by molar-refractivity contribution is 5.82. The van der Waals surface area contributed by atoms with Crippen LogP contribution in [0.4, 0.5) is 0 Å². The number of piperidine rings is 1. The molecule has 2 unspecified atom stereocenters. The van der Waals surface area contributed by atoms with E-state index in [2.05, 4.69) is 4.90 Å². The van der Waals surface area contributed by atoms with E-state index in [1.54, 1.807) is 6.07 Å². The number of aliphatic hydroxyl groups is 1. The minimum Gasteiger partial charge on any atom is -0.504 e. The summed E-state index contributed by atoms with van der Waals surface area (Å²) in [6.07, 6.45) is 1.76. The predicted molar refractivity (Wildman–Crippen MR) is 111 cm³/mol. The molecular weight excluding hydrogens is 366 g/mol. The van der Waals surface area contributed by atoms with Crippen LogP contribution in [0.2, 0.25) is 0 Å². The number of likely N-dealkylation sites (tertiary alicyclic amines) is 1. The maximum atomic E-state index is 11.9. The average Bonchev–Trinajstić information content (AvgIpc) is 2.99. The fraction of sp³-hybridized carbons (Fsp3) is 0.417. The first-order chi connectivity index (χ1) is 13.8. The van der Waals surface area contributed by atoms with Crippen molar-refractivity contribution in [3.63, 3.8) is 0 Å². The van der Waals surface area contributed by atoms with E-state index in [-0.39, 0.29) is 17.5 Å². The van der Waals surface area contributed by atoms with E-state index in [1.807, 2.05) is 51.2 Å². The number of furan rings is 1. The van der Waals surface area contributed by atoms with Gasteiger partial charge >= 0.3 is 0 Å². The molecule has 2 heterocycles. The molecule has 3 aromatic rings. The molecule has 3 N–H and O–H groups in total. The maximum absolute atomic E-state index is 11.9. The lowest BCUT2D eigenvalue weighted by atomic mass is 9.53. The zero-order valence-corrected chi connectivity index (χ0v) is 17.1. The molecule has 1 fully saturated rings. The van der Waals surface area contributed by atoms with Gasteiger partial charge in [0, 0.05) is 28.8 Å². The van der Waals surface area contributed by atoms with E-state index in [0.29, 0.717) is 24.8 Å². The maximum Gasteiger partial charge on any atom is 0.161 e. The highest BCUT2D eigenvalue weighted by Gasteiger charge is 2.61. The third-order valence-electron chi connectivity index (χ3n) is 7.58. The Labute approximate surface area is 170 Å². The van der Waals surface area contributed by atoms with E-state index in [4.69, 9.17) is 4.42 Å². The molecule has 3 atom stereocenters. The van der Waals surface area contributed by atoms with Crippen LogP contribution < -0.4 is 0 Å². The Morgan fingerprint density at radius 1 is 1.17 bits per heavy atom. The fourth-order valence-electron chi connectivity index (χ4n) is 5.81. The van der Waals surface area contributed by atoms with Crippen molar-refractivity contribution < 1.29 is 19.7 Å². The van der Waals surface area contributed by atoms with E-state index in [1.165, 1.54) is 0 Å². The summed E-state index contributed by atoms with van der Waals surface area (Å²) in [5, 5.41) is 34.1. The van der Waals surface area contributed by atoms with Crippen molar-refractivity contribution in [2.24, 2.45) is 0 Å². The van der Waals surface area contributed by atoms with Crippen molar-refractivity contribution in [2.45, 2.75) is 50.2 Å². The van der Waals surface area contributed by atoms with Gasteiger partial charge in [0.2, 0.25) is 0 Å². The SMILES string of the molecule is Cc1c(C[C@]23CCN(C)C(Cc4ccc(O)c(O)c42)C3(C)O)oc2ccccc12. The number of nitrogens with zero attached hydrogens (tertiary/aromatic N) is 1. The van der Waals surface area contributed by atoms with Crippen LogP contribution in [-0.2, 0) is 18.3 Å². The summed E-state index contributed by atoms with van der Waals surface area (Å²) in [5.74, 6) is 0.572. The molecule has 0 saturated carbocycles. The number of aryl methyl sites for hydroxylation is 1. The molecule has 152 valence electrons. The zero-order valence-electron chi connectivity index (χ0n) is 17.1. The topological polar surface area (TPSA) is 77.1 Å². The van der Waals surface area contributed by atoms with Gasteiger partial charge in [0.25, 0.3) is 0 Å². The van der Waals surface area contributed by atoms with E-state index in [0.717, 1.165) is 34.4 Å². The molecular formula is C24H27NO4. The van der Waals surface area contributed by atoms with Crippen LogP contribution in [0.5, 0.6) is 11.5 Å². The van der Waals surface area contributed by atoms with E-state index in [9.17, 15) is 15.3 Å². The molecule has 1 aliphatic carbocycles. The molecule has 2 aliphatic rings. The fourth-order valence-corrected chi connectivity index (χ4v) is 5.81. The second-order valence-electron chi connectivity index (χ2n) is 8.97. The number of hydrogen-bond acceptors (Lipinski definition) is 5. The second-order valence-corrected chi connectivity index (χ2v) is 8.97. The molecule has 1 aliphatic heterocycles. The van der Waals surface area contributed by atoms with Crippen LogP contribution in [0.3, 0.4) is 0 Å². The van der Waals surface area contributed by atoms with Crippen molar-refractivity contribution in [3.8, 4) is 11.5 Å². The number of fused-ring (bicyclic) bond motifs is 5. The molecule has 1 saturated heterocycles. The molecule has 2 aromatic carbocycles. The number of phenolic OH excluding ortho intramolecular Hbond substituents is 2. The third-order valence-corrected chi connectivity index (χ3v) is 7.58. The number of para-hydroxylation sites is 1. The molecule has 5 rings (SSSR count). The molecule has 0 radical (unpaired) electrons. The van der Waals surface area contributed by atoms with Gasteiger partial charge in [0.1, 0.15) is 11.3 Å². The Morgan fingerprint density at radius 3 is 2.69 bits per heavy atom. The molecule has 5 nitrogen and oxygen atoms in total. The van der Waals surface area contributed by atoms with Gasteiger partial charge in [-0.05, 0) is 63.5 Å². The van der Waals surface area contributed by atoms with Crippen molar-refractivity contribution in [3.05, 3.63) is 58.8 Å². The highest BCUT2D eigenvalue weighted by Crippen LogP contribution is 2.57. The third kappa shape index (κ3) is 2.34. The number of aromatic hydroxyl groups is 2. The summed E-state index contributed by atoms with van der Waals surface area (Å²) in [4.78, 5) is 2.20. The van der Waals surface area contributed by atoms with Gasteiger partial charge in [0.15, 0.2) is 11.5 Å². The van der Waals surface area contributed by atoms with Crippen LogP contribution in [0.15, 0.2) is 40.8 Å². The Morgan fingerprint density at radius 2 is 1.93 bits per heavy atom. The Kier molecular flexibility index (Phi) is 3.83. The van der Waals surface area contributed by atoms with Crippen LogP contribution >= 0.6 is 0 Å². The lowest BCUT2D eigenvalue weighted by molar-refractivity contribution is -0.129.